The smallest absolute Gasteiger partial charge is 0.329 e. The fraction of sp³-hybridized carbons (Fsp3) is 0.692. The Morgan fingerprint density at radius 3 is 3.11 bits per heavy atom. The Labute approximate surface area is 107 Å². The molecule has 2 rings (SSSR count). The number of nitrogens with one attached hydrogen (secondary N) is 1. The maximum absolute atomic E-state index is 11.6. The third-order valence-electron chi connectivity index (χ3n) is 3.81. The lowest BCUT2D eigenvalue weighted by Crippen LogP contribution is -2.50. The molecule has 1 aliphatic rings. The minimum Gasteiger partial charge on any atom is -0.480 e. The molecule has 5 heteroatoms. The molecule has 100 valence electrons. The van der Waals surface area contributed by atoms with Crippen molar-refractivity contribution in [3.05, 3.63) is 12.4 Å². The van der Waals surface area contributed by atoms with Gasteiger partial charge in [0, 0.05) is 18.9 Å². The summed E-state index contributed by atoms with van der Waals surface area (Å²) in [5.74, 6) is 0.334. The molecular formula is C13H21N3O2. The van der Waals surface area contributed by atoms with Crippen LogP contribution < -0.4 is 5.32 Å². The highest BCUT2D eigenvalue weighted by Gasteiger charge is 2.42. The number of carboxylic acid groups (broad SMARTS) is 1. The third kappa shape index (κ3) is 2.35. The number of carbonyl (C=O) groups is 1. The topological polar surface area (TPSA) is 67.2 Å². The number of rotatable bonds is 4. The molecule has 0 spiro atoms. The number of carboxylic acids is 1. The second-order valence-corrected chi connectivity index (χ2v) is 5.25. The highest BCUT2D eigenvalue weighted by Crippen LogP contribution is 2.35. The van der Waals surface area contributed by atoms with Crippen LogP contribution in [-0.4, -0.2) is 26.2 Å². The van der Waals surface area contributed by atoms with Crippen molar-refractivity contribution in [2.75, 3.05) is 5.32 Å². The SMILES string of the molecule is CCn1ccnc1NC1(C(=O)O)CCCC(C)C1. The molecule has 1 aromatic heterocycles. The van der Waals surface area contributed by atoms with Gasteiger partial charge in [0.05, 0.1) is 0 Å². The van der Waals surface area contributed by atoms with Crippen LogP contribution in [0.4, 0.5) is 5.95 Å². The summed E-state index contributed by atoms with van der Waals surface area (Å²) in [5, 5.41) is 12.7. The number of anilines is 1. The van der Waals surface area contributed by atoms with E-state index >= 15 is 0 Å². The number of hydrogen-bond donors (Lipinski definition) is 2. The van der Waals surface area contributed by atoms with E-state index < -0.39 is 11.5 Å². The predicted octanol–water partition coefficient (Wildman–Crippen LogP) is 2.35. The van der Waals surface area contributed by atoms with E-state index in [4.69, 9.17) is 0 Å². The molecule has 0 aliphatic heterocycles. The average Bonchev–Trinajstić information content (AvgIpc) is 2.76. The van der Waals surface area contributed by atoms with Gasteiger partial charge in [0.25, 0.3) is 0 Å². The first-order valence-corrected chi connectivity index (χ1v) is 6.60. The van der Waals surface area contributed by atoms with E-state index in [1.807, 2.05) is 17.7 Å². The van der Waals surface area contributed by atoms with Crippen molar-refractivity contribution in [1.82, 2.24) is 9.55 Å². The van der Waals surface area contributed by atoms with E-state index in [-0.39, 0.29) is 0 Å². The summed E-state index contributed by atoms with van der Waals surface area (Å²) in [5.41, 5.74) is -0.851. The monoisotopic (exact) mass is 251 g/mol. The molecule has 18 heavy (non-hydrogen) atoms. The van der Waals surface area contributed by atoms with Crippen LogP contribution in [0.1, 0.15) is 39.5 Å². The number of aromatic nitrogens is 2. The molecular weight excluding hydrogens is 230 g/mol. The largest absolute Gasteiger partial charge is 0.480 e. The maximum Gasteiger partial charge on any atom is 0.329 e. The predicted molar refractivity (Wildman–Crippen MR) is 69.5 cm³/mol. The van der Waals surface area contributed by atoms with Gasteiger partial charge in [0.1, 0.15) is 5.54 Å². The summed E-state index contributed by atoms with van der Waals surface area (Å²) in [4.78, 5) is 15.9. The van der Waals surface area contributed by atoms with Crippen LogP contribution in [0.15, 0.2) is 12.4 Å². The molecule has 1 heterocycles. The van der Waals surface area contributed by atoms with Gasteiger partial charge in [-0.2, -0.15) is 0 Å². The fourth-order valence-corrected chi connectivity index (χ4v) is 2.81. The van der Waals surface area contributed by atoms with Gasteiger partial charge in [-0.1, -0.05) is 19.8 Å². The molecule has 2 atom stereocenters. The van der Waals surface area contributed by atoms with Crippen LogP contribution in [0.3, 0.4) is 0 Å². The van der Waals surface area contributed by atoms with Gasteiger partial charge >= 0.3 is 5.97 Å². The Morgan fingerprint density at radius 1 is 1.72 bits per heavy atom. The van der Waals surface area contributed by atoms with Gasteiger partial charge in [-0.05, 0) is 25.7 Å². The minimum absolute atomic E-state index is 0.437. The number of nitrogens with zero attached hydrogens (tertiary/aromatic N) is 2. The van der Waals surface area contributed by atoms with Crippen molar-refractivity contribution in [1.29, 1.82) is 0 Å². The first kappa shape index (κ1) is 12.9. The minimum atomic E-state index is -0.851. The average molecular weight is 251 g/mol. The van der Waals surface area contributed by atoms with Gasteiger partial charge in [0.2, 0.25) is 5.95 Å². The van der Waals surface area contributed by atoms with E-state index in [2.05, 4.69) is 17.2 Å². The lowest BCUT2D eigenvalue weighted by atomic mass is 9.76. The summed E-state index contributed by atoms with van der Waals surface area (Å²) in [6, 6.07) is 0. The van der Waals surface area contributed by atoms with E-state index in [9.17, 15) is 9.90 Å². The lowest BCUT2D eigenvalue weighted by Gasteiger charge is -2.37. The van der Waals surface area contributed by atoms with E-state index in [0.717, 1.165) is 19.4 Å². The number of hydrogen-bond acceptors (Lipinski definition) is 3. The van der Waals surface area contributed by atoms with Crippen molar-refractivity contribution in [3.63, 3.8) is 0 Å². The molecule has 0 bridgehead atoms. The first-order chi connectivity index (χ1) is 8.57. The second kappa shape index (κ2) is 5.00. The van der Waals surface area contributed by atoms with Crippen molar-refractivity contribution in [3.8, 4) is 0 Å². The molecule has 1 aliphatic carbocycles. The van der Waals surface area contributed by atoms with Crippen molar-refractivity contribution in [2.24, 2.45) is 5.92 Å². The maximum atomic E-state index is 11.6. The van der Waals surface area contributed by atoms with Crippen LogP contribution in [0, 0.1) is 5.92 Å². The fourth-order valence-electron chi connectivity index (χ4n) is 2.81. The Morgan fingerprint density at radius 2 is 2.50 bits per heavy atom. The molecule has 1 fully saturated rings. The normalized spacial score (nSPS) is 28.0. The Balaban J connectivity index is 2.23. The van der Waals surface area contributed by atoms with Crippen molar-refractivity contribution < 1.29 is 9.90 Å². The molecule has 1 saturated carbocycles. The van der Waals surface area contributed by atoms with E-state index in [0.29, 0.717) is 24.7 Å². The van der Waals surface area contributed by atoms with Crippen LogP contribution >= 0.6 is 0 Å². The van der Waals surface area contributed by atoms with Crippen LogP contribution in [0.5, 0.6) is 0 Å². The van der Waals surface area contributed by atoms with E-state index in [1.165, 1.54) is 0 Å². The summed E-state index contributed by atoms with van der Waals surface area (Å²) >= 11 is 0. The molecule has 0 amide bonds. The van der Waals surface area contributed by atoms with Gasteiger partial charge in [-0.15, -0.1) is 0 Å². The van der Waals surface area contributed by atoms with Gasteiger partial charge in [-0.3, -0.25) is 0 Å². The zero-order valence-electron chi connectivity index (χ0n) is 11.0. The van der Waals surface area contributed by atoms with Crippen molar-refractivity contribution >= 4 is 11.9 Å². The molecule has 1 aromatic rings. The first-order valence-electron chi connectivity index (χ1n) is 6.60. The summed E-state index contributed by atoms with van der Waals surface area (Å²) < 4.78 is 1.93. The lowest BCUT2D eigenvalue weighted by molar-refractivity contribution is -0.144. The van der Waals surface area contributed by atoms with Gasteiger partial charge in [0.15, 0.2) is 0 Å². The van der Waals surface area contributed by atoms with Gasteiger partial charge in [-0.25, -0.2) is 9.78 Å². The Bertz CT molecular complexity index is 430. The molecule has 2 unspecified atom stereocenters. The quantitative estimate of drug-likeness (QED) is 0.862. The zero-order chi connectivity index (χ0) is 13.2. The zero-order valence-corrected chi connectivity index (χ0v) is 11.0. The molecule has 5 nitrogen and oxygen atoms in total. The highest BCUT2D eigenvalue weighted by atomic mass is 16.4. The van der Waals surface area contributed by atoms with Crippen molar-refractivity contribution in [2.45, 2.75) is 51.6 Å². The second-order valence-electron chi connectivity index (χ2n) is 5.25. The number of aliphatic carboxylic acids is 1. The number of imidazole rings is 1. The molecule has 2 N–H and O–H groups in total. The molecule has 0 saturated heterocycles. The van der Waals surface area contributed by atoms with Crippen LogP contribution in [0.25, 0.3) is 0 Å². The van der Waals surface area contributed by atoms with Crippen LogP contribution in [-0.2, 0) is 11.3 Å². The summed E-state index contributed by atoms with van der Waals surface area (Å²) in [6.07, 6.45) is 6.96. The third-order valence-corrected chi connectivity index (χ3v) is 3.81. The number of aryl methyl sites for hydroxylation is 1. The van der Waals surface area contributed by atoms with E-state index in [1.54, 1.807) is 6.20 Å². The Hall–Kier alpha value is -1.52. The standard InChI is InChI=1S/C13H21N3O2/c1-3-16-8-7-14-12(16)15-13(11(17)18)6-4-5-10(2)9-13/h7-8,10H,3-6,9H2,1-2H3,(H,14,15)(H,17,18). The van der Waals surface area contributed by atoms with Crippen LogP contribution in [0.2, 0.25) is 0 Å². The highest BCUT2D eigenvalue weighted by molar-refractivity contribution is 5.82. The molecule has 0 radical (unpaired) electrons. The van der Waals surface area contributed by atoms with Gasteiger partial charge < -0.3 is 15.0 Å². The summed E-state index contributed by atoms with van der Waals surface area (Å²) in [7, 11) is 0. The summed E-state index contributed by atoms with van der Waals surface area (Å²) in [6.45, 7) is 4.92. The Kier molecular flexibility index (Phi) is 3.59. The molecule has 0 aromatic carbocycles.